The van der Waals surface area contributed by atoms with Crippen molar-refractivity contribution in [3.8, 4) is 5.69 Å². The van der Waals surface area contributed by atoms with E-state index in [2.05, 4.69) is 10.4 Å². The molecule has 128 valence electrons. The number of carbonyl (C=O) groups excluding carboxylic acids is 1. The summed E-state index contributed by atoms with van der Waals surface area (Å²) in [6.45, 7) is 5.73. The number of benzene rings is 1. The van der Waals surface area contributed by atoms with Crippen molar-refractivity contribution in [2.75, 3.05) is 0 Å². The molecule has 0 spiro atoms. The largest absolute Gasteiger partial charge is 0.481 e. The molecule has 0 aliphatic rings. The van der Waals surface area contributed by atoms with Gasteiger partial charge in [0.2, 0.25) is 0 Å². The van der Waals surface area contributed by atoms with Crippen molar-refractivity contribution < 1.29 is 14.7 Å². The van der Waals surface area contributed by atoms with Crippen LogP contribution in [0.2, 0.25) is 0 Å². The molecule has 2 N–H and O–H groups in total. The van der Waals surface area contributed by atoms with Gasteiger partial charge >= 0.3 is 5.97 Å². The third-order valence-electron chi connectivity index (χ3n) is 4.43. The zero-order chi connectivity index (χ0) is 17.7. The van der Waals surface area contributed by atoms with Crippen LogP contribution in [0.3, 0.4) is 0 Å². The Morgan fingerprint density at radius 3 is 2.25 bits per heavy atom. The molecule has 6 nitrogen and oxygen atoms in total. The number of aliphatic carboxylic acids is 1. The van der Waals surface area contributed by atoms with E-state index in [-0.39, 0.29) is 12.3 Å². The first kappa shape index (κ1) is 17.7. The van der Waals surface area contributed by atoms with Crippen LogP contribution in [-0.4, -0.2) is 32.3 Å². The predicted molar refractivity (Wildman–Crippen MR) is 91.3 cm³/mol. The molecule has 0 saturated heterocycles. The van der Waals surface area contributed by atoms with Gasteiger partial charge in [0.1, 0.15) is 0 Å². The Kier molecular flexibility index (Phi) is 5.39. The van der Waals surface area contributed by atoms with Crippen LogP contribution in [0.1, 0.15) is 49.2 Å². The van der Waals surface area contributed by atoms with Crippen LogP contribution in [0, 0.1) is 6.92 Å². The molecule has 1 aromatic heterocycles. The van der Waals surface area contributed by atoms with Crippen molar-refractivity contribution in [3.63, 3.8) is 0 Å². The third kappa shape index (κ3) is 3.82. The van der Waals surface area contributed by atoms with Gasteiger partial charge < -0.3 is 10.4 Å². The van der Waals surface area contributed by atoms with E-state index in [9.17, 15) is 9.59 Å². The number of hydrogen-bond donors (Lipinski definition) is 2. The highest BCUT2D eigenvalue weighted by Gasteiger charge is 2.31. The Morgan fingerprint density at radius 1 is 1.17 bits per heavy atom. The van der Waals surface area contributed by atoms with Gasteiger partial charge in [-0.15, -0.1) is 0 Å². The highest BCUT2D eigenvalue weighted by atomic mass is 16.4. The van der Waals surface area contributed by atoms with Crippen LogP contribution in [0.5, 0.6) is 0 Å². The fourth-order valence-electron chi connectivity index (χ4n) is 2.72. The smallest absolute Gasteiger partial charge is 0.305 e. The Labute approximate surface area is 141 Å². The van der Waals surface area contributed by atoms with E-state index in [0.717, 1.165) is 11.4 Å². The second-order valence-corrected chi connectivity index (χ2v) is 5.94. The first-order valence-corrected chi connectivity index (χ1v) is 8.06. The zero-order valence-electron chi connectivity index (χ0n) is 14.2. The molecule has 0 saturated carbocycles. The fraction of sp³-hybridized carbons (Fsp3) is 0.389. The lowest BCUT2D eigenvalue weighted by atomic mass is 9.88. The van der Waals surface area contributed by atoms with E-state index in [1.54, 1.807) is 23.0 Å². The maximum Gasteiger partial charge on any atom is 0.305 e. The average Bonchev–Trinajstić information content (AvgIpc) is 2.99. The van der Waals surface area contributed by atoms with Gasteiger partial charge in [-0.3, -0.25) is 9.59 Å². The van der Waals surface area contributed by atoms with Gasteiger partial charge in [0.25, 0.3) is 5.91 Å². The highest BCUT2D eigenvalue weighted by molar-refractivity contribution is 5.95. The summed E-state index contributed by atoms with van der Waals surface area (Å²) in [4.78, 5) is 23.6. The van der Waals surface area contributed by atoms with Gasteiger partial charge in [-0.25, -0.2) is 4.68 Å². The van der Waals surface area contributed by atoms with E-state index < -0.39 is 11.5 Å². The van der Waals surface area contributed by atoms with Crippen molar-refractivity contribution in [2.45, 2.75) is 45.6 Å². The number of carboxylic acid groups (broad SMARTS) is 1. The van der Waals surface area contributed by atoms with Gasteiger partial charge in [0.05, 0.1) is 17.6 Å². The van der Waals surface area contributed by atoms with Gasteiger partial charge in [0, 0.05) is 17.5 Å². The molecule has 24 heavy (non-hydrogen) atoms. The minimum atomic E-state index is -0.913. The Bertz CT molecular complexity index is 715. The summed E-state index contributed by atoms with van der Waals surface area (Å²) in [5.74, 6) is -1.17. The first-order chi connectivity index (χ1) is 11.4. The number of aryl methyl sites for hydroxylation is 1. The summed E-state index contributed by atoms with van der Waals surface area (Å²) in [5.41, 5.74) is 1.65. The topological polar surface area (TPSA) is 84.2 Å². The lowest BCUT2D eigenvalue weighted by molar-refractivity contribution is -0.138. The van der Waals surface area contributed by atoms with Crippen LogP contribution in [0.25, 0.3) is 5.69 Å². The van der Waals surface area contributed by atoms with Gasteiger partial charge in [-0.2, -0.15) is 5.10 Å². The molecule has 0 radical (unpaired) electrons. The molecule has 0 fully saturated rings. The number of rotatable bonds is 7. The Morgan fingerprint density at radius 2 is 1.79 bits per heavy atom. The third-order valence-corrected chi connectivity index (χ3v) is 4.43. The van der Waals surface area contributed by atoms with Crippen molar-refractivity contribution in [1.29, 1.82) is 0 Å². The van der Waals surface area contributed by atoms with E-state index in [0.29, 0.717) is 18.4 Å². The van der Waals surface area contributed by atoms with Crippen molar-refractivity contribution in [2.24, 2.45) is 0 Å². The lowest BCUT2D eigenvalue weighted by Gasteiger charge is -2.31. The Hall–Kier alpha value is -2.63. The van der Waals surface area contributed by atoms with Crippen molar-refractivity contribution >= 4 is 11.9 Å². The number of nitrogens with zero attached hydrogens (tertiary/aromatic N) is 2. The zero-order valence-corrected chi connectivity index (χ0v) is 14.2. The minimum Gasteiger partial charge on any atom is -0.481 e. The predicted octanol–water partition coefficient (Wildman–Crippen LogP) is 2.94. The van der Waals surface area contributed by atoms with Crippen molar-refractivity contribution in [3.05, 3.63) is 47.8 Å². The first-order valence-electron chi connectivity index (χ1n) is 8.06. The quantitative estimate of drug-likeness (QED) is 0.818. The number of hydrogen-bond acceptors (Lipinski definition) is 3. The summed E-state index contributed by atoms with van der Waals surface area (Å²) < 4.78 is 1.79. The van der Waals surface area contributed by atoms with Crippen LogP contribution in [-0.2, 0) is 4.79 Å². The molecule has 1 aromatic carbocycles. The summed E-state index contributed by atoms with van der Waals surface area (Å²) in [6.07, 6.45) is 2.76. The molecule has 6 heteroatoms. The Balaban J connectivity index is 2.17. The van der Waals surface area contributed by atoms with E-state index in [1.165, 1.54) is 0 Å². The average molecular weight is 329 g/mol. The molecule has 1 amide bonds. The number of carbonyl (C=O) groups is 2. The molecule has 0 aliphatic heterocycles. The molecular weight excluding hydrogens is 306 g/mol. The molecular formula is C18H23N3O3. The molecule has 0 unspecified atom stereocenters. The summed E-state index contributed by atoms with van der Waals surface area (Å²) in [5, 5.41) is 16.2. The summed E-state index contributed by atoms with van der Waals surface area (Å²) in [6, 6.07) is 9.01. The second kappa shape index (κ2) is 7.29. The fourth-order valence-corrected chi connectivity index (χ4v) is 2.72. The molecule has 0 bridgehead atoms. The van der Waals surface area contributed by atoms with Gasteiger partial charge in [-0.1, -0.05) is 13.8 Å². The van der Waals surface area contributed by atoms with E-state index in [4.69, 9.17) is 5.11 Å². The molecule has 2 rings (SSSR count). The van der Waals surface area contributed by atoms with Crippen molar-refractivity contribution in [1.82, 2.24) is 15.1 Å². The number of amides is 1. The highest BCUT2D eigenvalue weighted by Crippen LogP contribution is 2.21. The second-order valence-electron chi connectivity index (χ2n) is 5.94. The minimum absolute atomic E-state index is 0.0870. The van der Waals surface area contributed by atoms with Crippen LogP contribution in [0.15, 0.2) is 36.5 Å². The normalized spacial score (nSPS) is 11.3. The van der Waals surface area contributed by atoms with Gasteiger partial charge in [0.15, 0.2) is 0 Å². The maximum atomic E-state index is 12.5. The SMILES string of the molecule is CCC(CC)(CC(=O)O)NC(=O)c1ccc(-n2nccc2C)cc1. The van der Waals surface area contributed by atoms with Gasteiger partial charge in [-0.05, 0) is 50.1 Å². The number of nitrogens with one attached hydrogen (secondary N) is 1. The standard InChI is InChI=1S/C18H23N3O3/c1-4-18(5-2,12-16(22)23)20-17(24)14-6-8-15(9-7-14)21-13(3)10-11-19-21/h6-11H,4-5,12H2,1-3H3,(H,20,24)(H,22,23). The molecule has 1 heterocycles. The molecule has 0 aliphatic carbocycles. The molecule has 2 aromatic rings. The van der Waals surface area contributed by atoms with Crippen LogP contribution < -0.4 is 5.32 Å². The molecule has 0 atom stereocenters. The maximum absolute atomic E-state index is 12.5. The monoisotopic (exact) mass is 329 g/mol. The van der Waals surface area contributed by atoms with Crippen LogP contribution >= 0.6 is 0 Å². The van der Waals surface area contributed by atoms with E-state index >= 15 is 0 Å². The van der Waals surface area contributed by atoms with E-state index in [1.807, 2.05) is 39.0 Å². The van der Waals surface area contributed by atoms with Crippen LogP contribution in [0.4, 0.5) is 0 Å². The lowest BCUT2D eigenvalue weighted by Crippen LogP contribution is -2.49. The number of aromatic nitrogens is 2. The number of carboxylic acids is 1. The summed E-state index contributed by atoms with van der Waals surface area (Å²) >= 11 is 0. The summed E-state index contributed by atoms with van der Waals surface area (Å²) in [7, 11) is 0.